The highest BCUT2D eigenvalue weighted by Gasteiger charge is 2.29. The molecular formula is C24H32N4O3S. The molecule has 1 fully saturated rings. The summed E-state index contributed by atoms with van der Waals surface area (Å²) in [5, 5.41) is 3.01. The maximum Gasteiger partial charge on any atom is 0.317 e. The Hall–Kier alpha value is -2.42. The Labute approximate surface area is 191 Å². The zero-order chi connectivity index (χ0) is 22.6. The standard InChI is InChI=1S/C24H32N4O3S/c1-26-14-16-28(17-15-26)32(30,31)23-10-9-21-11-13-27(19-22(21)18-23)24(29)25-12-5-8-20-6-3-2-4-7-20/h2-4,6-7,9-10,18H,5,8,11-17,19H2,1H3,(H,25,29). The van der Waals surface area contributed by atoms with Gasteiger partial charge in [0, 0.05) is 45.8 Å². The maximum atomic E-state index is 13.1. The van der Waals surface area contributed by atoms with Crippen LogP contribution in [-0.2, 0) is 29.4 Å². The van der Waals surface area contributed by atoms with E-state index in [-0.39, 0.29) is 6.03 Å². The van der Waals surface area contributed by atoms with Gasteiger partial charge in [-0.1, -0.05) is 36.4 Å². The first-order valence-corrected chi connectivity index (χ1v) is 12.7. The van der Waals surface area contributed by atoms with Gasteiger partial charge in [0.2, 0.25) is 10.0 Å². The number of nitrogens with one attached hydrogen (secondary N) is 1. The van der Waals surface area contributed by atoms with Crippen molar-refractivity contribution < 1.29 is 13.2 Å². The second kappa shape index (κ2) is 10.0. The first-order valence-electron chi connectivity index (χ1n) is 11.3. The Morgan fingerprint density at radius 1 is 0.969 bits per heavy atom. The van der Waals surface area contributed by atoms with Crippen LogP contribution in [0.2, 0.25) is 0 Å². The minimum Gasteiger partial charge on any atom is -0.338 e. The van der Waals surface area contributed by atoms with Gasteiger partial charge in [0.15, 0.2) is 0 Å². The summed E-state index contributed by atoms with van der Waals surface area (Å²) in [5.74, 6) is 0. The third-order valence-corrected chi connectivity index (χ3v) is 8.23. The minimum atomic E-state index is -3.51. The number of carbonyl (C=O) groups excluding carboxylic acids is 1. The zero-order valence-corrected chi connectivity index (χ0v) is 19.5. The molecular weight excluding hydrogens is 424 g/mol. The fraction of sp³-hybridized carbons (Fsp3) is 0.458. The predicted octanol–water partition coefficient (Wildman–Crippen LogP) is 2.32. The van der Waals surface area contributed by atoms with Crippen molar-refractivity contribution in [3.63, 3.8) is 0 Å². The average Bonchev–Trinajstić information content (AvgIpc) is 2.82. The van der Waals surface area contributed by atoms with E-state index in [0.29, 0.717) is 37.6 Å². The summed E-state index contributed by atoms with van der Waals surface area (Å²) in [6.45, 7) is 4.19. The second-order valence-electron chi connectivity index (χ2n) is 8.63. The van der Waals surface area contributed by atoms with Crippen molar-refractivity contribution in [2.24, 2.45) is 0 Å². The molecule has 1 N–H and O–H groups in total. The molecule has 0 aromatic heterocycles. The molecule has 2 aromatic carbocycles. The Bertz CT molecular complexity index is 1030. The van der Waals surface area contributed by atoms with Gasteiger partial charge in [0.25, 0.3) is 0 Å². The molecule has 2 amide bonds. The summed E-state index contributed by atoms with van der Waals surface area (Å²) in [6.07, 6.45) is 2.55. The molecule has 0 saturated carbocycles. The third-order valence-electron chi connectivity index (χ3n) is 6.34. The Morgan fingerprint density at radius 2 is 1.72 bits per heavy atom. The molecule has 2 aromatic rings. The van der Waals surface area contributed by atoms with E-state index in [9.17, 15) is 13.2 Å². The molecule has 2 aliphatic rings. The van der Waals surface area contributed by atoms with Gasteiger partial charge in [-0.05, 0) is 55.1 Å². The van der Waals surface area contributed by atoms with Crippen LogP contribution in [0.3, 0.4) is 0 Å². The number of amides is 2. The van der Waals surface area contributed by atoms with Crippen LogP contribution in [0.5, 0.6) is 0 Å². The number of hydrogen-bond acceptors (Lipinski definition) is 4. The topological polar surface area (TPSA) is 73.0 Å². The van der Waals surface area contributed by atoms with Gasteiger partial charge in [-0.2, -0.15) is 4.31 Å². The number of hydrogen-bond donors (Lipinski definition) is 1. The minimum absolute atomic E-state index is 0.0870. The van der Waals surface area contributed by atoms with Crippen LogP contribution in [0.1, 0.15) is 23.1 Å². The molecule has 1 saturated heterocycles. The fourth-order valence-corrected chi connectivity index (χ4v) is 5.76. The molecule has 2 heterocycles. The highest BCUT2D eigenvalue weighted by atomic mass is 32.2. The van der Waals surface area contributed by atoms with Crippen molar-refractivity contribution >= 4 is 16.1 Å². The van der Waals surface area contributed by atoms with Gasteiger partial charge in [-0.15, -0.1) is 0 Å². The number of aryl methyl sites for hydroxylation is 1. The number of nitrogens with zero attached hydrogens (tertiary/aromatic N) is 3. The Morgan fingerprint density at radius 3 is 2.47 bits per heavy atom. The van der Waals surface area contributed by atoms with Gasteiger partial charge in [-0.25, -0.2) is 13.2 Å². The summed E-state index contributed by atoms with van der Waals surface area (Å²) in [4.78, 5) is 16.9. The molecule has 0 aliphatic carbocycles. The van der Waals surface area contributed by atoms with Crippen molar-refractivity contribution in [1.29, 1.82) is 0 Å². The highest BCUT2D eigenvalue weighted by molar-refractivity contribution is 7.89. The molecule has 8 heteroatoms. The number of benzene rings is 2. The van der Waals surface area contributed by atoms with Crippen LogP contribution in [0, 0.1) is 0 Å². The van der Waals surface area contributed by atoms with E-state index in [0.717, 1.165) is 43.5 Å². The molecule has 0 unspecified atom stereocenters. The van der Waals surface area contributed by atoms with E-state index >= 15 is 0 Å². The number of sulfonamides is 1. The summed E-state index contributed by atoms with van der Waals surface area (Å²) in [7, 11) is -1.51. The van der Waals surface area contributed by atoms with E-state index in [1.807, 2.05) is 31.3 Å². The number of urea groups is 1. The van der Waals surface area contributed by atoms with Crippen LogP contribution in [-0.4, -0.2) is 74.9 Å². The second-order valence-corrected chi connectivity index (χ2v) is 10.6. The summed E-state index contributed by atoms with van der Waals surface area (Å²) in [6, 6.07) is 15.5. The van der Waals surface area contributed by atoms with E-state index in [1.165, 1.54) is 5.56 Å². The Kier molecular flexibility index (Phi) is 7.13. The molecule has 0 atom stereocenters. The lowest BCUT2D eigenvalue weighted by molar-refractivity contribution is 0.192. The van der Waals surface area contributed by atoms with Gasteiger partial charge in [-0.3, -0.25) is 0 Å². The number of piperazine rings is 1. The van der Waals surface area contributed by atoms with Crippen LogP contribution >= 0.6 is 0 Å². The molecule has 7 nitrogen and oxygen atoms in total. The van der Waals surface area contributed by atoms with Gasteiger partial charge in [0.05, 0.1) is 4.90 Å². The normalized spacial score (nSPS) is 17.7. The average molecular weight is 457 g/mol. The monoisotopic (exact) mass is 456 g/mol. The molecule has 32 heavy (non-hydrogen) atoms. The number of carbonyl (C=O) groups is 1. The lowest BCUT2D eigenvalue weighted by Gasteiger charge is -2.32. The summed E-state index contributed by atoms with van der Waals surface area (Å²) < 4.78 is 27.8. The van der Waals surface area contributed by atoms with Crippen LogP contribution in [0.25, 0.3) is 0 Å². The number of rotatable bonds is 6. The van der Waals surface area contributed by atoms with Crippen molar-refractivity contribution in [3.8, 4) is 0 Å². The third kappa shape index (κ3) is 5.31. The number of likely N-dealkylation sites (N-methyl/N-ethyl adjacent to an activating group) is 1. The van der Waals surface area contributed by atoms with Crippen LogP contribution in [0.4, 0.5) is 4.79 Å². The Balaban J connectivity index is 1.35. The quantitative estimate of drug-likeness (QED) is 0.677. The molecule has 0 spiro atoms. The van der Waals surface area contributed by atoms with Crippen molar-refractivity contribution in [3.05, 3.63) is 65.2 Å². The van der Waals surface area contributed by atoms with Gasteiger partial charge >= 0.3 is 6.03 Å². The predicted molar refractivity (Wildman–Crippen MR) is 125 cm³/mol. The van der Waals surface area contributed by atoms with Gasteiger partial charge in [0.1, 0.15) is 0 Å². The maximum absolute atomic E-state index is 13.1. The zero-order valence-electron chi connectivity index (χ0n) is 18.7. The van der Waals surface area contributed by atoms with E-state index in [1.54, 1.807) is 21.3 Å². The summed E-state index contributed by atoms with van der Waals surface area (Å²) >= 11 is 0. The van der Waals surface area contributed by atoms with Crippen molar-refractivity contribution in [1.82, 2.24) is 19.4 Å². The van der Waals surface area contributed by atoms with E-state index in [4.69, 9.17) is 0 Å². The number of fused-ring (bicyclic) bond motifs is 1. The highest BCUT2D eigenvalue weighted by Crippen LogP contribution is 2.25. The molecule has 0 radical (unpaired) electrons. The van der Waals surface area contributed by atoms with E-state index in [2.05, 4.69) is 22.3 Å². The molecule has 172 valence electrons. The molecule has 2 aliphatic heterocycles. The van der Waals surface area contributed by atoms with Crippen LogP contribution < -0.4 is 5.32 Å². The summed E-state index contributed by atoms with van der Waals surface area (Å²) in [5.41, 5.74) is 3.31. The lowest BCUT2D eigenvalue weighted by atomic mass is 10.0. The molecule has 4 rings (SSSR count). The first-order chi connectivity index (χ1) is 15.4. The van der Waals surface area contributed by atoms with Gasteiger partial charge < -0.3 is 15.1 Å². The largest absolute Gasteiger partial charge is 0.338 e. The molecule has 0 bridgehead atoms. The lowest BCUT2D eigenvalue weighted by Crippen LogP contribution is -2.47. The smallest absolute Gasteiger partial charge is 0.317 e. The van der Waals surface area contributed by atoms with Crippen molar-refractivity contribution in [2.75, 3.05) is 46.3 Å². The first kappa shape index (κ1) is 22.8. The fourth-order valence-electron chi connectivity index (χ4n) is 4.29. The van der Waals surface area contributed by atoms with Crippen LogP contribution in [0.15, 0.2) is 53.4 Å². The van der Waals surface area contributed by atoms with E-state index < -0.39 is 10.0 Å². The van der Waals surface area contributed by atoms with Crippen molar-refractivity contribution in [2.45, 2.75) is 30.7 Å². The SMILES string of the molecule is CN1CCN(S(=O)(=O)c2ccc3c(c2)CN(C(=O)NCCCc2ccccc2)CC3)CC1.